The van der Waals surface area contributed by atoms with Crippen molar-refractivity contribution in [2.24, 2.45) is 10.7 Å². The molecule has 1 aliphatic rings. The summed E-state index contributed by atoms with van der Waals surface area (Å²) in [5, 5.41) is 0. The molecule has 1 aromatic carbocycles. The van der Waals surface area contributed by atoms with E-state index < -0.39 is 28.9 Å². The normalized spacial score (nSPS) is 20.6. The summed E-state index contributed by atoms with van der Waals surface area (Å²) >= 11 is 1.38. The van der Waals surface area contributed by atoms with E-state index in [1.807, 2.05) is 0 Å². The van der Waals surface area contributed by atoms with Gasteiger partial charge in [0.15, 0.2) is 0 Å². The highest BCUT2D eigenvalue weighted by Gasteiger charge is 2.34. The topological polar surface area (TPSA) is 54.5 Å². The molecule has 154 valence electrons. The Kier molecular flexibility index (Phi) is 5.57. The predicted molar refractivity (Wildman–Crippen MR) is 104 cm³/mol. The second-order valence-electron chi connectivity index (χ2n) is 6.68. The number of nitrogens with zero attached hydrogens (tertiary/aromatic N) is 3. The second kappa shape index (κ2) is 7.66. The van der Waals surface area contributed by atoms with Crippen molar-refractivity contribution in [1.82, 2.24) is 9.29 Å². The van der Waals surface area contributed by atoms with E-state index >= 15 is 0 Å². The molecule has 10 heteroatoms. The SMILES string of the molecule is CN1SC[C@@](C)(c2cc(/C=C(\F)c3ccc(C(F)(F)F)cn3)ccc2F)N=C1N. The Hall–Kier alpha value is -2.62. The molecule has 0 bridgehead atoms. The summed E-state index contributed by atoms with van der Waals surface area (Å²) < 4.78 is 68.5. The van der Waals surface area contributed by atoms with Crippen molar-refractivity contribution < 1.29 is 22.0 Å². The van der Waals surface area contributed by atoms with Crippen molar-refractivity contribution >= 4 is 29.8 Å². The number of aliphatic imine (C=N–C) groups is 1. The molecule has 2 heterocycles. The van der Waals surface area contributed by atoms with Crippen LogP contribution in [0.3, 0.4) is 0 Å². The van der Waals surface area contributed by atoms with Gasteiger partial charge in [0.25, 0.3) is 0 Å². The number of pyridine rings is 1. The van der Waals surface area contributed by atoms with Crippen molar-refractivity contribution in [1.29, 1.82) is 0 Å². The average molecular weight is 428 g/mol. The lowest BCUT2D eigenvalue weighted by molar-refractivity contribution is -0.137. The lowest BCUT2D eigenvalue weighted by Crippen LogP contribution is -2.40. The monoisotopic (exact) mass is 428 g/mol. The van der Waals surface area contributed by atoms with Crippen LogP contribution in [0, 0.1) is 5.82 Å². The van der Waals surface area contributed by atoms with Crippen LogP contribution in [0.1, 0.15) is 29.3 Å². The molecular formula is C19H17F5N4S. The summed E-state index contributed by atoms with van der Waals surface area (Å²) in [7, 11) is 1.74. The van der Waals surface area contributed by atoms with Crippen LogP contribution in [0.2, 0.25) is 0 Å². The van der Waals surface area contributed by atoms with Crippen molar-refractivity contribution in [3.05, 3.63) is 64.7 Å². The minimum Gasteiger partial charge on any atom is -0.369 e. The van der Waals surface area contributed by atoms with Crippen LogP contribution in [-0.2, 0) is 11.7 Å². The first kappa shape index (κ1) is 21.1. The van der Waals surface area contributed by atoms with Crippen molar-refractivity contribution in [3.8, 4) is 0 Å². The van der Waals surface area contributed by atoms with E-state index in [9.17, 15) is 22.0 Å². The number of halogens is 5. The molecule has 0 fully saturated rings. The first-order valence-electron chi connectivity index (χ1n) is 8.42. The van der Waals surface area contributed by atoms with Crippen LogP contribution in [0.15, 0.2) is 41.5 Å². The first-order valence-corrected chi connectivity index (χ1v) is 9.37. The van der Waals surface area contributed by atoms with E-state index in [4.69, 9.17) is 5.73 Å². The minimum atomic E-state index is -4.55. The van der Waals surface area contributed by atoms with E-state index in [2.05, 4.69) is 9.98 Å². The van der Waals surface area contributed by atoms with Gasteiger partial charge < -0.3 is 5.73 Å². The van der Waals surface area contributed by atoms with Gasteiger partial charge in [-0.05, 0) is 54.8 Å². The van der Waals surface area contributed by atoms with Crippen LogP contribution in [0.25, 0.3) is 11.9 Å². The number of guanidine groups is 1. The Bertz CT molecular complexity index is 972. The maximum absolute atomic E-state index is 14.5. The standard InChI is InChI=1S/C19H17F5N4S/c1-18(10-29-28(2)17(25)27-18)13-7-11(3-5-14(13)20)8-15(21)16-6-4-12(9-26-16)19(22,23)24/h3-9H,10H2,1-2H3,(H2,25,27)/b15-8-/t18-/m0/s1. The molecule has 1 aliphatic heterocycles. The molecule has 2 N–H and O–H groups in total. The predicted octanol–water partition coefficient (Wildman–Crippen LogP) is 4.83. The molecule has 0 radical (unpaired) electrons. The quantitative estimate of drug-likeness (QED) is 0.562. The number of hydrogen-bond donors (Lipinski definition) is 1. The Morgan fingerprint density at radius 2 is 2.00 bits per heavy atom. The lowest BCUT2D eigenvalue weighted by atomic mass is 9.92. The van der Waals surface area contributed by atoms with Crippen molar-refractivity contribution in [2.75, 3.05) is 12.8 Å². The van der Waals surface area contributed by atoms with Crippen LogP contribution in [0.5, 0.6) is 0 Å². The van der Waals surface area contributed by atoms with Crippen LogP contribution in [-0.4, -0.2) is 28.0 Å². The Labute approximate surface area is 168 Å². The van der Waals surface area contributed by atoms with Gasteiger partial charge in [-0.3, -0.25) is 9.29 Å². The summed E-state index contributed by atoms with van der Waals surface area (Å²) in [6.07, 6.45) is -2.91. The van der Waals surface area contributed by atoms with Gasteiger partial charge in [0, 0.05) is 24.6 Å². The van der Waals surface area contributed by atoms with Gasteiger partial charge in [-0.25, -0.2) is 13.8 Å². The number of nitrogens with two attached hydrogens (primary N) is 1. The third-order valence-corrected chi connectivity index (χ3v) is 5.69. The van der Waals surface area contributed by atoms with Gasteiger partial charge in [-0.15, -0.1) is 0 Å². The highest BCUT2D eigenvalue weighted by atomic mass is 32.2. The fraction of sp³-hybridized carbons (Fsp3) is 0.263. The smallest absolute Gasteiger partial charge is 0.369 e. The molecule has 3 rings (SSSR count). The van der Waals surface area contributed by atoms with Crippen molar-refractivity contribution in [2.45, 2.75) is 18.6 Å². The van der Waals surface area contributed by atoms with Crippen LogP contribution < -0.4 is 5.73 Å². The van der Waals surface area contributed by atoms with Gasteiger partial charge >= 0.3 is 6.18 Å². The Morgan fingerprint density at radius 3 is 2.59 bits per heavy atom. The molecule has 4 nitrogen and oxygen atoms in total. The van der Waals surface area contributed by atoms with Crippen LogP contribution >= 0.6 is 11.9 Å². The molecule has 1 aromatic heterocycles. The summed E-state index contributed by atoms with van der Waals surface area (Å²) in [6.45, 7) is 1.72. The zero-order valence-corrected chi connectivity index (χ0v) is 16.3. The second-order valence-corrected chi connectivity index (χ2v) is 7.77. The van der Waals surface area contributed by atoms with Gasteiger partial charge in [0.2, 0.25) is 5.96 Å². The highest BCUT2D eigenvalue weighted by Crippen LogP contribution is 2.36. The number of rotatable bonds is 3. The molecule has 2 aromatic rings. The minimum absolute atomic E-state index is 0.239. The van der Waals surface area contributed by atoms with Gasteiger partial charge in [-0.1, -0.05) is 6.07 Å². The molecule has 29 heavy (non-hydrogen) atoms. The maximum atomic E-state index is 14.5. The summed E-state index contributed by atoms with van der Waals surface area (Å²) in [4.78, 5) is 7.88. The largest absolute Gasteiger partial charge is 0.417 e. The molecule has 0 unspecified atom stereocenters. The first-order chi connectivity index (χ1) is 13.5. The van der Waals surface area contributed by atoms with Crippen molar-refractivity contribution in [3.63, 3.8) is 0 Å². The molecule has 0 saturated heterocycles. The third kappa shape index (κ3) is 4.52. The zero-order chi connectivity index (χ0) is 21.4. The summed E-state index contributed by atoms with van der Waals surface area (Å²) in [5.41, 5.74) is 4.23. The lowest BCUT2D eigenvalue weighted by Gasteiger charge is -2.34. The number of benzene rings is 1. The Balaban J connectivity index is 1.93. The molecule has 0 saturated carbocycles. The number of aromatic nitrogens is 1. The van der Waals surface area contributed by atoms with Crippen LogP contribution in [0.4, 0.5) is 22.0 Å². The zero-order valence-electron chi connectivity index (χ0n) is 15.5. The average Bonchev–Trinajstić information content (AvgIpc) is 2.66. The fourth-order valence-corrected chi connectivity index (χ4v) is 3.59. The molecule has 0 aliphatic carbocycles. The molecule has 1 atom stereocenters. The van der Waals surface area contributed by atoms with E-state index in [0.29, 0.717) is 17.5 Å². The summed E-state index contributed by atoms with van der Waals surface area (Å²) in [5.74, 6) is -0.692. The molecular weight excluding hydrogens is 411 g/mol. The Morgan fingerprint density at radius 1 is 1.28 bits per heavy atom. The number of hydrogen-bond acceptors (Lipinski definition) is 5. The molecule has 0 spiro atoms. The molecule has 0 amide bonds. The van der Waals surface area contributed by atoms with Gasteiger partial charge in [0.05, 0.1) is 11.3 Å². The van der Waals surface area contributed by atoms with E-state index in [1.54, 1.807) is 18.3 Å². The van der Waals surface area contributed by atoms with E-state index in [0.717, 1.165) is 18.2 Å². The third-order valence-electron chi connectivity index (χ3n) is 4.42. The summed E-state index contributed by atoms with van der Waals surface area (Å²) in [6, 6.07) is 5.69. The van der Waals surface area contributed by atoms with Gasteiger partial charge in [-0.2, -0.15) is 13.2 Å². The van der Waals surface area contributed by atoms with E-state index in [-0.39, 0.29) is 17.2 Å². The van der Waals surface area contributed by atoms with E-state index in [1.165, 1.54) is 30.1 Å². The fourth-order valence-electron chi connectivity index (χ4n) is 2.75. The highest BCUT2D eigenvalue weighted by molar-refractivity contribution is 7.97. The number of alkyl halides is 3. The van der Waals surface area contributed by atoms with Gasteiger partial charge in [0.1, 0.15) is 17.2 Å². The maximum Gasteiger partial charge on any atom is 0.417 e.